The Kier molecular flexibility index (Phi) is 3.81. The molecular formula is C9H13N3O5. The molecule has 94 valence electrons. The van der Waals surface area contributed by atoms with E-state index in [0.717, 1.165) is 6.20 Å². The van der Waals surface area contributed by atoms with E-state index in [0.29, 0.717) is 0 Å². The fourth-order valence-electron chi connectivity index (χ4n) is 1.00. The van der Waals surface area contributed by atoms with Crippen molar-refractivity contribution >= 4 is 5.91 Å². The van der Waals surface area contributed by atoms with Gasteiger partial charge < -0.3 is 20.5 Å². The van der Waals surface area contributed by atoms with Crippen LogP contribution in [0, 0.1) is 0 Å². The predicted molar refractivity (Wildman–Crippen MR) is 57.7 cm³/mol. The minimum atomic E-state index is -1.47. The third-order valence-electron chi connectivity index (χ3n) is 2.03. The molecule has 0 aliphatic heterocycles. The van der Waals surface area contributed by atoms with Crippen LogP contribution in [0.2, 0.25) is 0 Å². The third-order valence-corrected chi connectivity index (χ3v) is 2.03. The van der Waals surface area contributed by atoms with Crippen molar-refractivity contribution in [1.82, 2.24) is 15.3 Å². The average molecular weight is 243 g/mol. The summed E-state index contributed by atoms with van der Waals surface area (Å²) in [7, 11) is 0. The van der Waals surface area contributed by atoms with Crippen molar-refractivity contribution in [3.8, 4) is 0 Å². The fourth-order valence-corrected chi connectivity index (χ4v) is 1.00. The lowest BCUT2D eigenvalue weighted by Crippen LogP contribution is -2.44. The molecule has 1 heterocycles. The lowest BCUT2D eigenvalue weighted by atomic mass is 10.1. The van der Waals surface area contributed by atoms with Crippen molar-refractivity contribution < 1.29 is 15.0 Å². The second kappa shape index (κ2) is 4.93. The zero-order valence-electron chi connectivity index (χ0n) is 9.11. The van der Waals surface area contributed by atoms with Crippen LogP contribution in [0.1, 0.15) is 17.3 Å². The minimum absolute atomic E-state index is 0.221. The maximum absolute atomic E-state index is 11.5. The van der Waals surface area contributed by atoms with Crippen LogP contribution in [-0.4, -0.2) is 44.8 Å². The highest BCUT2D eigenvalue weighted by Gasteiger charge is 2.21. The Labute approximate surface area is 95.3 Å². The molecule has 0 aliphatic carbocycles. The first-order chi connectivity index (χ1) is 7.85. The Morgan fingerprint density at radius 3 is 2.71 bits per heavy atom. The molecule has 0 spiro atoms. The molecule has 0 fully saturated rings. The van der Waals surface area contributed by atoms with E-state index >= 15 is 0 Å². The van der Waals surface area contributed by atoms with Gasteiger partial charge in [-0.2, -0.15) is 0 Å². The van der Waals surface area contributed by atoms with Gasteiger partial charge in [0.1, 0.15) is 11.2 Å². The molecule has 1 atom stereocenters. The molecule has 1 aromatic rings. The second-order valence-corrected chi connectivity index (χ2v) is 3.82. The quantitative estimate of drug-likeness (QED) is 0.399. The molecule has 1 aromatic heterocycles. The summed E-state index contributed by atoms with van der Waals surface area (Å²) >= 11 is 0. The SMILES string of the molecule is CC(O)(CO)CNC(=O)c1c[nH]c(=O)[nH]c1=O. The lowest BCUT2D eigenvalue weighted by molar-refractivity contribution is 0.00318. The number of rotatable bonds is 4. The van der Waals surface area contributed by atoms with Crippen molar-refractivity contribution in [2.75, 3.05) is 13.2 Å². The zero-order valence-corrected chi connectivity index (χ0v) is 9.11. The van der Waals surface area contributed by atoms with Crippen molar-refractivity contribution in [3.05, 3.63) is 32.6 Å². The van der Waals surface area contributed by atoms with Crippen LogP contribution in [0.5, 0.6) is 0 Å². The number of carbonyl (C=O) groups excluding carboxylic acids is 1. The van der Waals surface area contributed by atoms with Gasteiger partial charge in [-0.3, -0.25) is 14.6 Å². The number of aliphatic hydroxyl groups excluding tert-OH is 1. The topological polar surface area (TPSA) is 135 Å². The molecule has 0 aromatic carbocycles. The average Bonchev–Trinajstić information content (AvgIpc) is 2.26. The van der Waals surface area contributed by atoms with Crippen LogP contribution in [0.15, 0.2) is 15.8 Å². The first-order valence-corrected chi connectivity index (χ1v) is 4.79. The van der Waals surface area contributed by atoms with E-state index in [2.05, 4.69) is 10.3 Å². The van der Waals surface area contributed by atoms with Crippen molar-refractivity contribution in [2.45, 2.75) is 12.5 Å². The van der Waals surface area contributed by atoms with Gasteiger partial charge >= 0.3 is 5.69 Å². The molecule has 8 heteroatoms. The summed E-state index contributed by atoms with van der Waals surface area (Å²) in [6, 6.07) is 0. The van der Waals surface area contributed by atoms with Gasteiger partial charge in [-0.1, -0.05) is 0 Å². The van der Waals surface area contributed by atoms with Gasteiger partial charge in [0.2, 0.25) is 0 Å². The maximum Gasteiger partial charge on any atom is 0.325 e. The Morgan fingerprint density at radius 2 is 2.18 bits per heavy atom. The van der Waals surface area contributed by atoms with Crippen molar-refractivity contribution in [2.24, 2.45) is 0 Å². The lowest BCUT2D eigenvalue weighted by Gasteiger charge is -2.20. The molecule has 0 radical (unpaired) electrons. The molecule has 17 heavy (non-hydrogen) atoms. The maximum atomic E-state index is 11.5. The molecule has 5 N–H and O–H groups in total. The Balaban J connectivity index is 2.78. The summed E-state index contributed by atoms with van der Waals surface area (Å²) in [5.41, 5.74) is -3.29. The number of carbonyl (C=O) groups is 1. The second-order valence-electron chi connectivity index (χ2n) is 3.82. The molecule has 1 rings (SSSR count). The molecule has 1 amide bonds. The molecule has 1 unspecified atom stereocenters. The highest BCUT2D eigenvalue weighted by Crippen LogP contribution is 1.98. The first-order valence-electron chi connectivity index (χ1n) is 4.79. The summed E-state index contributed by atoms with van der Waals surface area (Å²) in [6.07, 6.45) is 0.976. The number of aliphatic hydroxyl groups is 2. The Bertz CT molecular complexity index is 516. The summed E-state index contributed by atoms with van der Waals surface area (Å²) in [4.78, 5) is 37.5. The van der Waals surface area contributed by atoms with Crippen LogP contribution in [0.25, 0.3) is 0 Å². The van der Waals surface area contributed by atoms with Gasteiger partial charge in [0.15, 0.2) is 0 Å². The summed E-state index contributed by atoms with van der Waals surface area (Å²) in [6.45, 7) is 0.570. The number of hydrogen-bond acceptors (Lipinski definition) is 5. The van der Waals surface area contributed by atoms with Gasteiger partial charge in [0.05, 0.1) is 6.61 Å². The van der Waals surface area contributed by atoms with Gasteiger partial charge in [0, 0.05) is 12.7 Å². The third kappa shape index (κ3) is 3.54. The highest BCUT2D eigenvalue weighted by molar-refractivity contribution is 5.93. The van der Waals surface area contributed by atoms with E-state index in [-0.39, 0.29) is 12.1 Å². The van der Waals surface area contributed by atoms with E-state index in [9.17, 15) is 19.5 Å². The molecule has 0 aliphatic rings. The van der Waals surface area contributed by atoms with Crippen LogP contribution in [0.4, 0.5) is 0 Å². The molecule has 0 saturated heterocycles. The van der Waals surface area contributed by atoms with Crippen LogP contribution in [0.3, 0.4) is 0 Å². The standard InChI is InChI=1S/C9H13N3O5/c1-9(17,4-13)3-11-6(14)5-2-10-8(16)12-7(5)15/h2,13,17H,3-4H2,1H3,(H,11,14)(H2,10,12,15,16). The fraction of sp³-hybridized carbons (Fsp3) is 0.444. The summed E-state index contributed by atoms with van der Waals surface area (Å²) < 4.78 is 0. The number of aromatic amines is 2. The van der Waals surface area contributed by atoms with Crippen LogP contribution >= 0.6 is 0 Å². The molecule has 0 saturated carbocycles. The zero-order chi connectivity index (χ0) is 13.1. The normalized spacial score (nSPS) is 14.1. The Morgan fingerprint density at radius 1 is 1.53 bits per heavy atom. The van der Waals surface area contributed by atoms with E-state index in [4.69, 9.17) is 5.11 Å². The van der Waals surface area contributed by atoms with Crippen molar-refractivity contribution in [3.63, 3.8) is 0 Å². The van der Waals surface area contributed by atoms with Crippen LogP contribution < -0.4 is 16.6 Å². The smallest absolute Gasteiger partial charge is 0.325 e. The number of nitrogens with one attached hydrogen (secondary N) is 3. The van der Waals surface area contributed by atoms with E-state index in [1.165, 1.54) is 6.92 Å². The number of hydrogen-bond donors (Lipinski definition) is 5. The van der Waals surface area contributed by atoms with E-state index in [1.54, 1.807) is 0 Å². The molecule has 0 bridgehead atoms. The van der Waals surface area contributed by atoms with Gasteiger partial charge in [-0.15, -0.1) is 0 Å². The summed E-state index contributed by atoms with van der Waals surface area (Å²) in [5, 5.41) is 20.4. The molecule has 8 nitrogen and oxygen atoms in total. The summed E-state index contributed by atoms with van der Waals surface area (Å²) in [5.74, 6) is -0.753. The first kappa shape index (κ1) is 13.1. The highest BCUT2D eigenvalue weighted by atomic mass is 16.3. The number of amides is 1. The molecular weight excluding hydrogens is 230 g/mol. The Hall–Kier alpha value is -1.93. The van der Waals surface area contributed by atoms with E-state index < -0.39 is 29.4 Å². The largest absolute Gasteiger partial charge is 0.393 e. The monoisotopic (exact) mass is 243 g/mol. The van der Waals surface area contributed by atoms with Crippen LogP contribution in [-0.2, 0) is 0 Å². The number of aromatic nitrogens is 2. The van der Waals surface area contributed by atoms with Crippen molar-refractivity contribution in [1.29, 1.82) is 0 Å². The van der Waals surface area contributed by atoms with Gasteiger partial charge in [-0.25, -0.2) is 4.79 Å². The van der Waals surface area contributed by atoms with Gasteiger partial charge in [-0.05, 0) is 6.92 Å². The number of H-pyrrole nitrogens is 2. The predicted octanol–water partition coefficient (Wildman–Crippen LogP) is -2.46. The van der Waals surface area contributed by atoms with E-state index in [1.807, 2.05) is 4.98 Å². The van der Waals surface area contributed by atoms with Gasteiger partial charge in [0.25, 0.3) is 11.5 Å². The minimum Gasteiger partial charge on any atom is -0.393 e.